The van der Waals surface area contributed by atoms with Crippen LogP contribution < -0.4 is 14.9 Å². The lowest BCUT2D eigenvalue weighted by Gasteiger charge is -2.17. The molecule has 0 aliphatic carbocycles. The summed E-state index contributed by atoms with van der Waals surface area (Å²) in [6, 6.07) is 25.4. The standard InChI is InChI=1S/C27H22Cl2N4O2S/c1-34-24-9-5-4-8-20(24)26-31-32-27(36)33(26)30-15-21-19-7-3-2-6-18(19)11-13-25(21)35-16-17-10-12-22(28)23(29)14-17/h2-14,30H,15-16H2,1H3,(H,32,36). The van der Waals surface area contributed by atoms with Crippen LogP contribution >= 0.6 is 35.4 Å². The molecule has 5 aromatic rings. The monoisotopic (exact) mass is 536 g/mol. The van der Waals surface area contributed by atoms with Gasteiger partial charge in [0.2, 0.25) is 4.77 Å². The SMILES string of the molecule is COc1ccccc1-c1n[nH]c(=S)n1NCc1c(OCc2ccc(Cl)c(Cl)c2)ccc2ccccc12. The van der Waals surface area contributed by atoms with Crippen LogP contribution in [0.15, 0.2) is 78.9 Å². The molecule has 0 aliphatic heterocycles. The molecule has 0 aliphatic rings. The van der Waals surface area contributed by atoms with Crippen molar-refractivity contribution in [1.29, 1.82) is 0 Å². The second-order valence-corrected chi connectivity index (χ2v) is 9.22. The summed E-state index contributed by atoms with van der Waals surface area (Å²) in [4.78, 5) is 0. The van der Waals surface area contributed by atoms with E-state index in [2.05, 4.69) is 27.8 Å². The molecule has 5 rings (SSSR count). The van der Waals surface area contributed by atoms with Gasteiger partial charge < -0.3 is 14.9 Å². The highest BCUT2D eigenvalue weighted by Crippen LogP contribution is 2.31. The second-order valence-electron chi connectivity index (χ2n) is 8.02. The normalized spacial score (nSPS) is 11.0. The quantitative estimate of drug-likeness (QED) is 0.202. The van der Waals surface area contributed by atoms with Crippen molar-refractivity contribution in [3.63, 3.8) is 0 Å². The van der Waals surface area contributed by atoms with Gasteiger partial charge in [0.15, 0.2) is 5.82 Å². The van der Waals surface area contributed by atoms with E-state index >= 15 is 0 Å². The average Bonchev–Trinajstić information content (AvgIpc) is 3.28. The third-order valence-electron chi connectivity index (χ3n) is 5.81. The predicted octanol–water partition coefficient (Wildman–Crippen LogP) is 7.40. The summed E-state index contributed by atoms with van der Waals surface area (Å²) in [7, 11) is 1.63. The van der Waals surface area contributed by atoms with Crippen molar-refractivity contribution in [2.45, 2.75) is 13.2 Å². The Morgan fingerprint density at radius 3 is 2.58 bits per heavy atom. The Bertz CT molecular complexity index is 1600. The summed E-state index contributed by atoms with van der Waals surface area (Å²) in [5, 5.41) is 10.5. The van der Waals surface area contributed by atoms with Gasteiger partial charge in [-0.3, -0.25) is 0 Å². The van der Waals surface area contributed by atoms with E-state index in [-0.39, 0.29) is 0 Å². The van der Waals surface area contributed by atoms with Crippen LogP contribution in [-0.2, 0) is 13.2 Å². The minimum Gasteiger partial charge on any atom is -0.496 e. The molecular weight excluding hydrogens is 515 g/mol. The molecule has 0 bridgehead atoms. The molecule has 1 aromatic heterocycles. The molecule has 0 atom stereocenters. The number of ether oxygens (including phenoxy) is 2. The Labute approximate surface area is 223 Å². The van der Waals surface area contributed by atoms with Crippen molar-refractivity contribution in [3.05, 3.63) is 105 Å². The Hall–Kier alpha value is -3.52. The van der Waals surface area contributed by atoms with Crippen LogP contribution in [0.4, 0.5) is 0 Å². The number of rotatable bonds is 8. The number of H-pyrrole nitrogens is 1. The fourth-order valence-electron chi connectivity index (χ4n) is 4.04. The molecule has 4 aromatic carbocycles. The van der Waals surface area contributed by atoms with Crippen molar-refractivity contribution in [2.75, 3.05) is 12.5 Å². The van der Waals surface area contributed by atoms with Crippen LogP contribution in [0.2, 0.25) is 10.0 Å². The molecule has 36 heavy (non-hydrogen) atoms. The number of aromatic amines is 1. The van der Waals surface area contributed by atoms with Crippen LogP contribution in [0.25, 0.3) is 22.2 Å². The van der Waals surface area contributed by atoms with Gasteiger partial charge in [0.1, 0.15) is 18.1 Å². The van der Waals surface area contributed by atoms with Gasteiger partial charge in [-0.15, -0.1) is 0 Å². The minimum absolute atomic E-state index is 0.347. The van der Waals surface area contributed by atoms with Crippen LogP contribution in [-0.4, -0.2) is 22.0 Å². The molecule has 0 fully saturated rings. The van der Waals surface area contributed by atoms with E-state index in [0.717, 1.165) is 33.2 Å². The number of benzene rings is 4. The van der Waals surface area contributed by atoms with Gasteiger partial charge in [0.05, 0.1) is 29.3 Å². The molecule has 0 radical (unpaired) electrons. The largest absolute Gasteiger partial charge is 0.496 e. The zero-order chi connectivity index (χ0) is 25.1. The minimum atomic E-state index is 0.347. The molecule has 0 saturated carbocycles. The number of hydrogen-bond acceptors (Lipinski definition) is 5. The summed E-state index contributed by atoms with van der Waals surface area (Å²) in [5.41, 5.74) is 6.14. The summed E-state index contributed by atoms with van der Waals surface area (Å²) in [5.74, 6) is 2.07. The Balaban J connectivity index is 1.48. The summed E-state index contributed by atoms with van der Waals surface area (Å²) < 4.78 is 14.0. The van der Waals surface area contributed by atoms with E-state index < -0.39 is 0 Å². The van der Waals surface area contributed by atoms with Crippen molar-refractivity contribution in [2.24, 2.45) is 0 Å². The highest BCUT2D eigenvalue weighted by atomic mass is 35.5. The van der Waals surface area contributed by atoms with Gasteiger partial charge in [-0.2, -0.15) is 5.10 Å². The third-order valence-corrected chi connectivity index (χ3v) is 6.82. The Morgan fingerprint density at radius 1 is 0.944 bits per heavy atom. The number of halogens is 2. The maximum absolute atomic E-state index is 6.26. The zero-order valence-corrected chi connectivity index (χ0v) is 21.6. The molecule has 1 heterocycles. The lowest BCUT2D eigenvalue weighted by atomic mass is 10.0. The van der Waals surface area contributed by atoms with E-state index in [4.69, 9.17) is 44.9 Å². The maximum atomic E-state index is 6.26. The first-order valence-corrected chi connectivity index (χ1v) is 12.3. The molecule has 0 amide bonds. The molecule has 0 saturated heterocycles. The van der Waals surface area contributed by atoms with Crippen LogP contribution in [0.3, 0.4) is 0 Å². The smallest absolute Gasteiger partial charge is 0.214 e. The van der Waals surface area contributed by atoms with E-state index in [1.807, 2.05) is 60.7 Å². The molecule has 182 valence electrons. The average molecular weight is 537 g/mol. The van der Waals surface area contributed by atoms with E-state index in [0.29, 0.717) is 39.5 Å². The lowest BCUT2D eigenvalue weighted by Crippen LogP contribution is -2.17. The molecule has 6 nitrogen and oxygen atoms in total. The topological polar surface area (TPSA) is 64.1 Å². The van der Waals surface area contributed by atoms with Crippen LogP contribution in [0, 0.1) is 4.77 Å². The summed E-state index contributed by atoms with van der Waals surface area (Å²) >= 11 is 17.8. The Morgan fingerprint density at radius 2 is 1.75 bits per heavy atom. The number of para-hydroxylation sites is 1. The molecule has 9 heteroatoms. The van der Waals surface area contributed by atoms with Crippen molar-refractivity contribution in [1.82, 2.24) is 14.9 Å². The van der Waals surface area contributed by atoms with E-state index in [1.54, 1.807) is 17.9 Å². The first-order chi connectivity index (χ1) is 17.5. The van der Waals surface area contributed by atoms with Crippen LogP contribution in [0.1, 0.15) is 11.1 Å². The van der Waals surface area contributed by atoms with Crippen molar-refractivity contribution >= 4 is 46.2 Å². The number of fused-ring (bicyclic) bond motifs is 1. The van der Waals surface area contributed by atoms with Crippen molar-refractivity contribution in [3.8, 4) is 22.9 Å². The number of nitrogens with zero attached hydrogens (tertiary/aromatic N) is 2. The maximum Gasteiger partial charge on any atom is 0.214 e. The van der Waals surface area contributed by atoms with Gasteiger partial charge >= 0.3 is 0 Å². The lowest BCUT2D eigenvalue weighted by molar-refractivity contribution is 0.303. The van der Waals surface area contributed by atoms with Crippen LogP contribution in [0.5, 0.6) is 11.5 Å². The Kier molecular flexibility index (Phi) is 7.13. The number of nitrogens with one attached hydrogen (secondary N) is 2. The highest BCUT2D eigenvalue weighted by molar-refractivity contribution is 7.71. The number of aromatic nitrogens is 3. The summed E-state index contributed by atoms with van der Waals surface area (Å²) in [6.07, 6.45) is 0. The fraction of sp³-hybridized carbons (Fsp3) is 0.111. The highest BCUT2D eigenvalue weighted by Gasteiger charge is 2.15. The number of methoxy groups -OCH3 is 1. The van der Waals surface area contributed by atoms with Gasteiger partial charge in [0.25, 0.3) is 0 Å². The fourth-order valence-corrected chi connectivity index (χ4v) is 4.55. The predicted molar refractivity (Wildman–Crippen MR) is 147 cm³/mol. The summed E-state index contributed by atoms with van der Waals surface area (Å²) in [6.45, 7) is 0.786. The van der Waals surface area contributed by atoms with Gasteiger partial charge in [0, 0.05) is 5.56 Å². The first-order valence-electron chi connectivity index (χ1n) is 11.2. The molecule has 0 spiro atoms. The third kappa shape index (κ3) is 4.91. The van der Waals surface area contributed by atoms with E-state index in [1.165, 1.54) is 0 Å². The van der Waals surface area contributed by atoms with E-state index in [9.17, 15) is 0 Å². The zero-order valence-electron chi connectivity index (χ0n) is 19.3. The number of hydrogen-bond donors (Lipinski definition) is 2. The van der Waals surface area contributed by atoms with Gasteiger partial charge in [-0.1, -0.05) is 71.7 Å². The molecular formula is C27H22Cl2N4O2S. The van der Waals surface area contributed by atoms with Gasteiger partial charge in [-0.25, -0.2) is 9.77 Å². The molecule has 2 N–H and O–H groups in total. The first kappa shape index (κ1) is 24.2. The van der Waals surface area contributed by atoms with Gasteiger partial charge in [-0.05, 0) is 58.9 Å². The van der Waals surface area contributed by atoms with Crippen molar-refractivity contribution < 1.29 is 9.47 Å². The molecule has 0 unspecified atom stereocenters. The second kappa shape index (κ2) is 10.6.